The second kappa shape index (κ2) is 9.22. The number of hydrogen-bond donors (Lipinski definition) is 1. The van der Waals surface area contributed by atoms with Crippen LogP contribution in [-0.2, 0) is 9.59 Å². The summed E-state index contributed by atoms with van der Waals surface area (Å²) in [5, 5.41) is 2.78. The number of nitrogens with zero attached hydrogens (tertiary/aromatic N) is 1. The van der Waals surface area contributed by atoms with Gasteiger partial charge >= 0.3 is 0 Å². The van der Waals surface area contributed by atoms with Gasteiger partial charge in [-0.2, -0.15) is 0 Å². The Kier molecular flexibility index (Phi) is 7.01. The topological polar surface area (TPSA) is 58.6 Å². The van der Waals surface area contributed by atoms with Crippen LogP contribution in [0.4, 0.5) is 5.69 Å². The van der Waals surface area contributed by atoms with Gasteiger partial charge in [-0.05, 0) is 37.8 Å². The van der Waals surface area contributed by atoms with Crippen LogP contribution in [0.5, 0.6) is 5.75 Å². The van der Waals surface area contributed by atoms with Gasteiger partial charge in [0, 0.05) is 30.3 Å². The van der Waals surface area contributed by atoms with E-state index in [-0.39, 0.29) is 24.0 Å². The number of amides is 2. The van der Waals surface area contributed by atoms with Crippen molar-refractivity contribution in [3.05, 3.63) is 49.6 Å². The van der Waals surface area contributed by atoms with E-state index in [2.05, 4.69) is 18.5 Å². The molecule has 1 N–H and O–H groups in total. The number of rotatable bonds is 9. The molecular formula is C21H28N2O3. The van der Waals surface area contributed by atoms with E-state index in [1.165, 1.54) is 0 Å². The molecule has 0 spiro atoms. The Labute approximate surface area is 155 Å². The average molecular weight is 356 g/mol. The predicted octanol–water partition coefficient (Wildman–Crippen LogP) is 3.93. The first-order chi connectivity index (χ1) is 12.5. The van der Waals surface area contributed by atoms with Gasteiger partial charge in [0.05, 0.1) is 0 Å². The van der Waals surface area contributed by atoms with Crippen molar-refractivity contribution in [3.63, 3.8) is 0 Å². The molecule has 0 aromatic heterocycles. The summed E-state index contributed by atoms with van der Waals surface area (Å²) in [7, 11) is 0. The Bertz CT molecular complexity index is 659. The molecule has 140 valence electrons. The maximum absolute atomic E-state index is 12.8. The molecule has 1 aromatic carbocycles. The Morgan fingerprint density at radius 3 is 2.69 bits per heavy atom. The third kappa shape index (κ3) is 4.75. The summed E-state index contributed by atoms with van der Waals surface area (Å²) in [6.45, 7) is 10.2. The van der Waals surface area contributed by atoms with Crippen molar-refractivity contribution in [3.8, 4) is 5.75 Å². The summed E-state index contributed by atoms with van der Waals surface area (Å²) in [5.74, 6) is 0.465. The van der Waals surface area contributed by atoms with Crippen LogP contribution in [0.3, 0.4) is 0 Å². The molecule has 0 unspecified atom stereocenters. The lowest BCUT2D eigenvalue weighted by Crippen LogP contribution is -2.48. The number of ether oxygens (including phenoxy) is 1. The zero-order valence-corrected chi connectivity index (χ0v) is 15.5. The minimum absolute atomic E-state index is 0.0266. The van der Waals surface area contributed by atoms with Crippen LogP contribution in [0.2, 0.25) is 0 Å². The summed E-state index contributed by atoms with van der Waals surface area (Å²) in [6, 6.07) is 7.09. The Balaban J connectivity index is 2.01. The van der Waals surface area contributed by atoms with E-state index in [1.54, 1.807) is 31.2 Å². The first kappa shape index (κ1) is 19.8. The van der Waals surface area contributed by atoms with Gasteiger partial charge in [0.15, 0.2) is 6.61 Å². The summed E-state index contributed by atoms with van der Waals surface area (Å²) in [5.41, 5.74) is 0.441. The van der Waals surface area contributed by atoms with Crippen LogP contribution in [0.25, 0.3) is 0 Å². The van der Waals surface area contributed by atoms with Crippen molar-refractivity contribution in [1.29, 1.82) is 0 Å². The molecule has 1 saturated heterocycles. The van der Waals surface area contributed by atoms with Crippen molar-refractivity contribution < 1.29 is 14.3 Å². The average Bonchev–Trinajstić information content (AvgIpc) is 3.04. The highest BCUT2D eigenvalue weighted by molar-refractivity contribution is 5.90. The molecule has 5 heteroatoms. The fourth-order valence-corrected chi connectivity index (χ4v) is 3.51. The third-order valence-corrected chi connectivity index (χ3v) is 4.75. The highest BCUT2D eigenvalue weighted by Crippen LogP contribution is 2.36. The van der Waals surface area contributed by atoms with Crippen LogP contribution in [-0.4, -0.2) is 35.4 Å². The first-order valence-electron chi connectivity index (χ1n) is 9.09. The van der Waals surface area contributed by atoms with Crippen LogP contribution in [0.15, 0.2) is 49.6 Å². The summed E-state index contributed by atoms with van der Waals surface area (Å²) >= 11 is 0. The number of carbonyl (C=O) groups is 2. The molecule has 0 radical (unpaired) electrons. The van der Waals surface area contributed by atoms with Crippen LogP contribution >= 0.6 is 0 Å². The van der Waals surface area contributed by atoms with E-state index in [4.69, 9.17) is 4.74 Å². The summed E-state index contributed by atoms with van der Waals surface area (Å²) in [6.07, 6.45) is 7.59. The van der Waals surface area contributed by atoms with Gasteiger partial charge in [-0.15, -0.1) is 13.2 Å². The van der Waals surface area contributed by atoms with Gasteiger partial charge < -0.3 is 15.0 Å². The quantitative estimate of drug-likeness (QED) is 0.682. The molecule has 1 aliphatic rings. The second-order valence-electron chi connectivity index (χ2n) is 6.58. The fraction of sp³-hybridized carbons (Fsp3) is 0.429. The lowest BCUT2D eigenvalue weighted by Gasteiger charge is -2.37. The second-order valence-corrected chi connectivity index (χ2v) is 6.58. The summed E-state index contributed by atoms with van der Waals surface area (Å²) < 4.78 is 5.69. The third-order valence-electron chi connectivity index (χ3n) is 4.75. The van der Waals surface area contributed by atoms with Crippen molar-refractivity contribution >= 4 is 17.5 Å². The molecule has 0 aliphatic carbocycles. The van der Waals surface area contributed by atoms with Crippen molar-refractivity contribution in [2.45, 2.75) is 44.6 Å². The molecule has 0 saturated carbocycles. The lowest BCUT2D eigenvalue weighted by molar-refractivity contribution is -0.137. The Morgan fingerprint density at radius 2 is 2.04 bits per heavy atom. The maximum atomic E-state index is 12.8. The van der Waals surface area contributed by atoms with Crippen molar-refractivity contribution in [2.24, 2.45) is 0 Å². The van der Waals surface area contributed by atoms with E-state index in [0.717, 1.165) is 32.2 Å². The van der Waals surface area contributed by atoms with Gasteiger partial charge in [0.25, 0.3) is 5.91 Å². The van der Waals surface area contributed by atoms with E-state index >= 15 is 0 Å². The van der Waals surface area contributed by atoms with Gasteiger partial charge in [-0.3, -0.25) is 9.59 Å². The van der Waals surface area contributed by atoms with Crippen LogP contribution < -0.4 is 10.1 Å². The van der Waals surface area contributed by atoms with Crippen molar-refractivity contribution in [2.75, 3.05) is 18.5 Å². The largest absolute Gasteiger partial charge is 0.484 e. The molecule has 0 atom stereocenters. The molecule has 0 bridgehead atoms. The van der Waals surface area contributed by atoms with Crippen LogP contribution in [0.1, 0.15) is 39.0 Å². The minimum Gasteiger partial charge on any atom is -0.484 e. The number of benzene rings is 1. The molecule has 26 heavy (non-hydrogen) atoms. The van der Waals surface area contributed by atoms with E-state index in [9.17, 15) is 9.59 Å². The first-order valence-corrected chi connectivity index (χ1v) is 9.09. The zero-order valence-electron chi connectivity index (χ0n) is 15.5. The number of anilines is 1. The van der Waals surface area contributed by atoms with Gasteiger partial charge in [0.2, 0.25) is 5.91 Å². The number of nitrogens with one attached hydrogen (secondary N) is 1. The SMILES string of the molecule is C=CCC1(CC=C)CCCN1C(=O)COc1cccc(NC(=O)CC)c1. The number of carbonyl (C=O) groups excluding carboxylic acids is 2. The number of hydrogen-bond acceptors (Lipinski definition) is 3. The molecule has 1 heterocycles. The minimum atomic E-state index is -0.221. The van der Waals surface area contributed by atoms with E-state index < -0.39 is 0 Å². The molecule has 5 nitrogen and oxygen atoms in total. The molecule has 1 fully saturated rings. The summed E-state index contributed by atoms with van der Waals surface area (Å²) in [4.78, 5) is 26.2. The van der Waals surface area contributed by atoms with Crippen molar-refractivity contribution in [1.82, 2.24) is 4.90 Å². The van der Waals surface area contributed by atoms with Gasteiger partial charge in [-0.1, -0.05) is 25.1 Å². The maximum Gasteiger partial charge on any atom is 0.260 e. The lowest BCUT2D eigenvalue weighted by atomic mass is 9.88. The zero-order chi connectivity index (χ0) is 19.0. The predicted molar refractivity (Wildman–Crippen MR) is 104 cm³/mol. The fourth-order valence-electron chi connectivity index (χ4n) is 3.51. The van der Waals surface area contributed by atoms with E-state index in [1.807, 2.05) is 17.1 Å². The highest BCUT2D eigenvalue weighted by atomic mass is 16.5. The van der Waals surface area contributed by atoms with Gasteiger partial charge in [0.1, 0.15) is 5.75 Å². The Morgan fingerprint density at radius 1 is 1.31 bits per heavy atom. The highest BCUT2D eigenvalue weighted by Gasteiger charge is 2.41. The van der Waals surface area contributed by atoms with Gasteiger partial charge in [-0.25, -0.2) is 0 Å². The number of likely N-dealkylation sites (tertiary alicyclic amines) is 1. The molecule has 2 amide bonds. The molecule has 1 aliphatic heterocycles. The molecular weight excluding hydrogens is 328 g/mol. The van der Waals surface area contributed by atoms with Crippen LogP contribution in [0, 0.1) is 0 Å². The molecule has 2 rings (SSSR count). The van der Waals surface area contributed by atoms with E-state index in [0.29, 0.717) is 17.9 Å². The smallest absolute Gasteiger partial charge is 0.260 e. The monoisotopic (exact) mass is 356 g/mol. The normalized spacial score (nSPS) is 15.3. The standard InChI is InChI=1S/C21H28N2O3/c1-4-11-21(12-5-2)13-8-14-23(21)20(25)16-26-18-10-7-9-17(15-18)22-19(24)6-3/h4-5,7,9-10,15H,1-2,6,8,11-14,16H2,3H3,(H,22,24). The molecule has 1 aromatic rings. The Hall–Kier alpha value is -2.56.